The predicted molar refractivity (Wildman–Crippen MR) is 80.5 cm³/mol. The SMILES string of the molecule is CC(C)(C)OC(=O)NCCNC(=O)C=Cc1ccccn1. The van der Waals surface area contributed by atoms with E-state index in [1.165, 1.54) is 6.08 Å². The molecule has 0 saturated carbocycles. The molecule has 6 nitrogen and oxygen atoms in total. The number of amides is 2. The van der Waals surface area contributed by atoms with Crippen molar-refractivity contribution in [1.29, 1.82) is 0 Å². The number of carbonyl (C=O) groups excluding carboxylic acids is 2. The molecule has 0 aliphatic heterocycles. The molecule has 114 valence electrons. The number of ether oxygens (including phenoxy) is 1. The summed E-state index contributed by atoms with van der Waals surface area (Å²) >= 11 is 0. The summed E-state index contributed by atoms with van der Waals surface area (Å²) in [6.45, 7) is 5.99. The van der Waals surface area contributed by atoms with Crippen molar-refractivity contribution in [3.63, 3.8) is 0 Å². The minimum absolute atomic E-state index is 0.244. The highest BCUT2D eigenvalue weighted by molar-refractivity contribution is 5.91. The molecule has 0 spiro atoms. The van der Waals surface area contributed by atoms with E-state index in [1.807, 2.05) is 6.07 Å². The van der Waals surface area contributed by atoms with Gasteiger partial charge in [-0.2, -0.15) is 0 Å². The van der Waals surface area contributed by atoms with Gasteiger partial charge in [-0.15, -0.1) is 0 Å². The Kier molecular flexibility index (Phi) is 6.39. The molecule has 0 fully saturated rings. The molecule has 0 aliphatic carbocycles. The fourth-order valence-electron chi connectivity index (χ4n) is 1.36. The normalized spacial score (nSPS) is 11.2. The van der Waals surface area contributed by atoms with E-state index in [0.29, 0.717) is 18.8 Å². The smallest absolute Gasteiger partial charge is 0.407 e. The van der Waals surface area contributed by atoms with Crippen LogP contribution in [-0.4, -0.2) is 35.7 Å². The molecule has 1 rings (SSSR count). The number of carbonyl (C=O) groups is 2. The summed E-state index contributed by atoms with van der Waals surface area (Å²) in [6, 6.07) is 5.45. The Hall–Kier alpha value is -2.37. The molecule has 6 heteroatoms. The van der Waals surface area contributed by atoms with Crippen LogP contribution < -0.4 is 10.6 Å². The number of alkyl carbamates (subject to hydrolysis) is 1. The Bertz CT molecular complexity index is 493. The van der Waals surface area contributed by atoms with Crippen molar-refractivity contribution in [2.24, 2.45) is 0 Å². The highest BCUT2D eigenvalue weighted by Crippen LogP contribution is 2.05. The maximum atomic E-state index is 11.5. The minimum Gasteiger partial charge on any atom is -0.444 e. The van der Waals surface area contributed by atoms with Crippen LogP contribution in [-0.2, 0) is 9.53 Å². The summed E-state index contributed by atoms with van der Waals surface area (Å²) < 4.78 is 5.07. The van der Waals surface area contributed by atoms with Gasteiger partial charge in [-0.05, 0) is 39.0 Å². The number of hydrogen-bond acceptors (Lipinski definition) is 4. The number of pyridine rings is 1. The average Bonchev–Trinajstić information content (AvgIpc) is 2.40. The van der Waals surface area contributed by atoms with Gasteiger partial charge >= 0.3 is 6.09 Å². The number of nitrogens with one attached hydrogen (secondary N) is 2. The Morgan fingerprint density at radius 2 is 1.95 bits per heavy atom. The summed E-state index contributed by atoms with van der Waals surface area (Å²) in [4.78, 5) is 26.9. The number of aromatic nitrogens is 1. The van der Waals surface area contributed by atoms with Gasteiger partial charge in [0.05, 0.1) is 5.69 Å². The van der Waals surface area contributed by atoms with Crippen molar-refractivity contribution in [2.45, 2.75) is 26.4 Å². The summed E-state index contributed by atoms with van der Waals surface area (Å²) in [7, 11) is 0. The number of hydrogen-bond donors (Lipinski definition) is 2. The lowest BCUT2D eigenvalue weighted by molar-refractivity contribution is -0.116. The van der Waals surface area contributed by atoms with Crippen LogP contribution in [0.2, 0.25) is 0 Å². The Balaban J connectivity index is 2.19. The highest BCUT2D eigenvalue weighted by atomic mass is 16.6. The lowest BCUT2D eigenvalue weighted by atomic mass is 10.2. The molecule has 0 unspecified atom stereocenters. The van der Waals surface area contributed by atoms with Crippen LogP contribution in [0.1, 0.15) is 26.5 Å². The van der Waals surface area contributed by atoms with Crippen LogP contribution in [0.4, 0.5) is 4.79 Å². The van der Waals surface area contributed by atoms with E-state index < -0.39 is 11.7 Å². The molecular formula is C15H21N3O3. The molecule has 21 heavy (non-hydrogen) atoms. The van der Waals surface area contributed by atoms with E-state index in [2.05, 4.69) is 15.6 Å². The lowest BCUT2D eigenvalue weighted by Crippen LogP contribution is -2.37. The first-order valence-electron chi connectivity index (χ1n) is 6.70. The van der Waals surface area contributed by atoms with Crippen LogP contribution in [0.15, 0.2) is 30.5 Å². The zero-order valence-corrected chi connectivity index (χ0v) is 12.6. The van der Waals surface area contributed by atoms with Crippen molar-refractivity contribution in [1.82, 2.24) is 15.6 Å². The van der Waals surface area contributed by atoms with Crippen LogP contribution >= 0.6 is 0 Å². The van der Waals surface area contributed by atoms with Gasteiger partial charge in [0.15, 0.2) is 0 Å². The quantitative estimate of drug-likeness (QED) is 0.639. The van der Waals surface area contributed by atoms with Gasteiger partial charge < -0.3 is 15.4 Å². The monoisotopic (exact) mass is 291 g/mol. The molecule has 0 aliphatic rings. The molecule has 0 bridgehead atoms. The van der Waals surface area contributed by atoms with Crippen molar-refractivity contribution in [3.8, 4) is 0 Å². The molecule has 0 aromatic carbocycles. The highest BCUT2D eigenvalue weighted by Gasteiger charge is 2.15. The van der Waals surface area contributed by atoms with Crippen molar-refractivity contribution < 1.29 is 14.3 Å². The van der Waals surface area contributed by atoms with Gasteiger partial charge in [-0.3, -0.25) is 9.78 Å². The van der Waals surface area contributed by atoms with Gasteiger partial charge in [0.2, 0.25) is 5.91 Å². The van der Waals surface area contributed by atoms with E-state index in [9.17, 15) is 9.59 Å². The molecule has 0 radical (unpaired) electrons. The third kappa shape index (κ3) is 8.41. The molecular weight excluding hydrogens is 270 g/mol. The van der Waals surface area contributed by atoms with Gasteiger partial charge in [-0.25, -0.2) is 4.79 Å². The van der Waals surface area contributed by atoms with E-state index in [1.54, 1.807) is 45.2 Å². The molecule has 2 N–H and O–H groups in total. The third-order valence-corrected chi connectivity index (χ3v) is 2.19. The van der Waals surface area contributed by atoms with Crippen molar-refractivity contribution in [3.05, 3.63) is 36.2 Å². The average molecular weight is 291 g/mol. The second-order valence-corrected chi connectivity index (χ2v) is 5.31. The van der Waals surface area contributed by atoms with Gasteiger partial charge in [0.25, 0.3) is 0 Å². The molecule has 1 aromatic rings. The first-order chi connectivity index (χ1) is 9.87. The fourth-order valence-corrected chi connectivity index (χ4v) is 1.36. The maximum absolute atomic E-state index is 11.5. The fraction of sp³-hybridized carbons (Fsp3) is 0.400. The standard InChI is InChI=1S/C15H21N3O3/c1-15(2,3)21-14(20)18-11-10-17-13(19)8-7-12-6-4-5-9-16-12/h4-9H,10-11H2,1-3H3,(H,17,19)(H,18,20). The molecule has 2 amide bonds. The van der Waals surface area contributed by atoms with E-state index >= 15 is 0 Å². The third-order valence-electron chi connectivity index (χ3n) is 2.19. The zero-order valence-electron chi connectivity index (χ0n) is 12.6. The Morgan fingerprint density at radius 1 is 1.24 bits per heavy atom. The van der Waals surface area contributed by atoms with Crippen LogP contribution in [0.3, 0.4) is 0 Å². The molecule has 0 atom stereocenters. The van der Waals surface area contributed by atoms with Gasteiger partial charge in [0.1, 0.15) is 5.60 Å². The van der Waals surface area contributed by atoms with E-state index in [0.717, 1.165) is 0 Å². The first kappa shape index (κ1) is 16.7. The summed E-state index contributed by atoms with van der Waals surface area (Å²) in [6.07, 6.45) is 4.18. The van der Waals surface area contributed by atoms with Crippen LogP contribution in [0.5, 0.6) is 0 Å². The second kappa shape index (κ2) is 8.04. The van der Waals surface area contributed by atoms with Gasteiger partial charge in [0, 0.05) is 25.4 Å². The summed E-state index contributed by atoms with van der Waals surface area (Å²) in [5, 5.41) is 5.20. The van der Waals surface area contributed by atoms with E-state index in [-0.39, 0.29) is 5.91 Å². The van der Waals surface area contributed by atoms with Crippen molar-refractivity contribution in [2.75, 3.05) is 13.1 Å². The number of nitrogens with zero attached hydrogens (tertiary/aromatic N) is 1. The first-order valence-corrected chi connectivity index (χ1v) is 6.70. The zero-order chi connectivity index (χ0) is 15.7. The lowest BCUT2D eigenvalue weighted by Gasteiger charge is -2.19. The van der Waals surface area contributed by atoms with Crippen LogP contribution in [0, 0.1) is 0 Å². The second-order valence-electron chi connectivity index (χ2n) is 5.31. The Labute approximate surface area is 124 Å². The number of rotatable bonds is 5. The Morgan fingerprint density at radius 3 is 2.57 bits per heavy atom. The summed E-state index contributed by atoms with van der Waals surface area (Å²) in [5.74, 6) is -0.244. The van der Waals surface area contributed by atoms with Gasteiger partial charge in [-0.1, -0.05) is 6.07 Å². The maximum Gasteiger partial charge on any atom is 0.407 e. The minimum atomic E-state index is -0.529. The largest absolute Gasteiger partial charge is 0.444 e. The topological polar surface area (TPSA) is 80.3 Å². The molecule has 1 aromatic heterocycles. The predicted octanol–water partition coefficient (Wildman–Crippen LogP) is 1.74. The van der Waals surface area contributed by atoms with Crippen molar-refractivity contribution >= 4 is 18.1 Å². The van der Waals surface area contributed by atoms with Crippen LogP contribution in [0.25, 0.3) is 6.08 Å². The summed E-state index contributed by atoms with van der Waals surface area (Å²) in [5.41, 5.74) is 0.179. The molecule has 1 heterocycles. The molecule has 0 saturated heterocycles. The van der Waals surface area contributed by atoms with E-state index in [4.69, 9.17) is 4.74 Å².